The third kappa shape index (κ3) is 4.31. The quantitative estimate of drug-likeness (QED) is 0.693. The van der Waals surface area contributed by atoms with E-state index in [0.29, 0.717) is 18.1 Å². The molecule has 1 aromatic carbocycles. The highest BCUT2D eigenvalue weighted by Gasteiger charge is 2.32. The minimum absolute atomic E-state index is 0.316. The predicted molar refractivity (Wildman–Crippen MR) is 89.8 cm³/mol. The molecule has 1 aliphatic carbocycles. The van der Waals surface area contributed by atoms with Gasteiger partial charge >= 0.3 is 0 Å². The lowest BCUT2D eigenvalue weighted by molar-refractivity contribution is 0.00926. The topological polar surface area (TPSA) is 21.3 Å². The third-order valence-corrected chi connectivity index (χ3v) is 4.57. The average Bonchev–Trinajstić information content (AvgIpc) is 2.51. The first-order valence-corrected chi connectivity index (χ1v) is 8.71. The monoisotopic (exact) mass is 289 g/mol. The molecule has 1 aliphatic rings. The lowest BCUT2D eigenvalue weighted by Gasteiger charge is -2.37. The highest BCUT2D eigenvalue weighted by molar-refractivity contribution is 5.36. The summed E-state index contributed by atoms with van der Waals surface area (Å²) in [6.07, 6.45) is 6.54. The van der Waals surface area contributed by atoms with Crippen LogP contribution < -0.4 is 5.32 Å². The van der Waals surface area contributed by atoms with E-state index >= 15 is 0 Å². The highest BCUT2D eigenvalue weighted by Crippen LogP contribution is 2.38. The largest absolute Gasteiger partial charge is 0.376 e. The van der Waals surface area contributed by atoms with Crippen LogP contribution in [0.25, 0.3) is 0 Å². The van der Waals surface area contributed by atoms with Crippen molar-refractivity contribution in [3.63, 3.8) is 0 Å². The first kappa shape index (κ1) is 16.5. The van der Waals surface area contributed by atoms with Crippen LogP contribution in [-0.4, -0.2) is 19.3 Å². The fourth-order valence-corrected chi connectivity index (χ4v) is 3.44. The summed E-state index contributed by atoms with van der Waals surface area (Å²) in [7, 11) is 0. The molecule has 0 bridgehead atoms. The van der Waals surface area contributed by atoms with Crippen LogP contribution in [0, 0.1) is 0 Å². The molecule has 0 amide bonds. The Kier molecular flexibility index (Phi) is 6.72. The zero-order valence-corrected chi connectivity index (χ0v) is 13.9. The molecule has 0 radical (unpaired) electrons. The third-order valence-electron chi connectivity index (χ3n) is 4.57. The summed E-state index contributed by atoms with van der Waals surface area (Å²) in [5.74, 6) is 0.594. The maximum atomic E-state index is 6.26. The molecule has 2 heteroatoms. The van der Waals surface area contributed by atoms with Crippen molar-refractivity contribution in [3.05, 3.63) is 35.4 Å². The Morgan fingerprint density at radius 1 is 1.10 bits per heavy atom. The summed E-state index contributed by atoms with van der Waals surface area (Å²) < 4.78 is 6.26. The second kappa shape index (κ2) is 8.55. The van der Waals surface area contributed by atoms with Gasteiger partial charge in [0.05, 0.1) is 12.1 Å². The van der Waals surface area contributed by atoms with Crippen molar-refractivity contribution in [2.24, 2.45) is 0 Å². The van der Waals surface area contributed by atoms with E-state index < -0.39 is 0 Å². The minimum Gasteiger partial charge on any atom is -0.376 e. The molecule has 1 aromatic rings. The second-order valence-corrected chi connectivity index (χ2v) is 6.27. The Hall–Kier alpha value is -0.860. The van der Waals surface area contributed by atoms with E-state index in [1.807, 2.05) is 0 Å². The van der Waals surface area contributed by atoms with Crippen LogP contribution in [0.5, 0.6) is 0 Å². The van der Waals surface area contributed by atoms with E-state index in [4.69, 9.17) is 4.74 Å². The van der Waals surface area contributed by atoms with E-state index in [0.717, 1.165) is 19.6 Å². The van der Waals surface area contributed by atoms with Crippen LogP contribution >= 0.6 is 0 Å². The van der Waals surface area contributed by atoms with Crippen LogP contribution in [-0.2, 0) is 4.74 Å². The molecule has 0 aromatic heterocycles. The standard InChI is InChI=1S/C19H31NO/c1-4-6-7-10-13-21-18-14-15(3)16-11-8-9-12-17(16)19(18)20-5-2/h8-9,11-12,15,18-20H,4-7,10,13-14H2,1-3H3. The van der Waals surface area contributed by atoms with E-state index in [2.05, 4.69) is 50.4 Å². The number of rotatable bonds is 8. The van der Waals surface area contributed by atoms with E-state index in [-0.39, 0.29) is 0 Å². The summed E-state index contributed by atoms with van der Waals surface area (Å²) in [4.78, 5) is 0. The predicted octanol–water partition coefficient (Wildman–Crippen LogP) is 4.81. The Labute approximate surface area is 130 Å². The minimum atomic E-state index is 0.316. The highest BCUT2D eigenvalue weighted by atomic mass is 16.5. The molecule has 0 saturated carbocycles. The molecule has 3 unspecified atom stereocenters. The Morgan fingerprint density at radius 3 is 2.57 bits per heavy atom. The first-order valence-electron chi connectivity index (χ1n) is 8.71. The fourth-order valence-electron chi connectivity index (χ4n) is 3.44. The molecule has 0 fully saturated rings. The van der Waals surface area contributed by atoms with Gasteiger partial charge in [-0.2, -0.15) is 0 Å². The Balaban J connectivity index is 2.00. The lowest BCUT2D eigenvalue weighted by Crippen LogP contribution is -2.38. The van der Waals surface area contributed by atoms with E-state index in [1.165, 1.54) is 36.8 Å². The van der Waals surface area contributed by atoms with Crippen molar-refractivity contribution in [2.45, 2.75) is 70.9 Å². The number of ether oxygens (including phenoxy) is 1. The summed E-state index contributed by atoms with van der Waals surface area (Å²) in [6, 6.07) is 9.21. The number of likely N-dealkylation sites (N-methyl/N-ethyl adjacent to an activating group) is 1. The molecule has 0 saturated heterocycles. The maximum absolute atomic E-state index is 6.26. The molecule has 118 valence electrons. The molecule has 3 atom stereocenters. The zero-order chi connectivity index (χ0) is 15.1. The number of nitrogens with one attached hydrogen (secondary N) is 1. The van der Waals surface area contributed by atoms with E-state index in [1.54, 1.807) is 0 Å². The number of unbranched alkanes of at least 4 members (excludes halogenated alkanes) is 3. The van der Waals surface area contributed by atoms with Crippen molar-refractivity contribution >= 4 is 0 Å². The first-order chi connectivity index (χ1) is 10.3. The van der Waals surface area contributed by atoms with Gasteiger partial charge in [-0.15, -0.1) is 0 Å². The molecule has 0 aliphatic heterocycles. The van der Waals surface area contributed by atoms with Crippen molar-refractivity contribution in [2.75, 3.05) is 13.2 Å². The molecule has 0 heterocycles. The maximum Gasteiger partial charge on any atom is 0.0775 e. The summed E-state index contributed by atoms with van der Waals surface area (Å²) >= 11 is 0. The van der Waals surface area contributed by atoms with Gasteiger partial charge in [0.15, 0.2) is 0 Å². The van der Waals surface area contributed by atoms with Crippen LogP contribution in [0.15, 0.2) is 24.3 Å². The molecule has 1 N–H and O–H groups in total. The van der Waals surface area contributed by atoms with Gasteiger partial charge in [-0.3, -0.25) is 0 Å². The Bertz CT molecular complexity index is 418. The Morgan fingerprint density at radius 2 is 1.86 bits per heavy atom. The van der Waals surface area contributed by atoms with Crippen LogP contribution in [0.4, 0.5) is 0 Å². The van der Waals surface area contributed by atoms with E-state index in [9.17, 15) is 0 Å². The van der Waals surface area contributed by atoms with Crippen molar-refractivity contribution in [1.82, 2.24) is 5.32 Å². The second-order valence-electron chi connectivity index (χ2n) is 6.27. The lowest BCUT2D eigenvalue weighted by atomic mass is 9.79. The summed E-state index contributed by atoms with van der Waals surface area (Å²) in [5.41, 5.74) is 2.94. The van der Waals surface area contributed by atoms with Crippen molar-refractivity contribution in [1.29, 1.82) is 0 Å². The smallest absolute Gasteiger partial charge is 0.0775 e. The van der Waals surface area contributed by atoms with Gasteiger partial charge in [0.2, 0.25) is 0 Å². The van der Waals surface area contributed by atoms with Gasteiger partial charge in [0, 0.05) is 6.61 Å². The molecule has 21 heavy (non-hydrogen) atoms. The number of benzene rings is 1. The van der Waals surface area contributed by atoms with Crippen LogP contribution in [0.1, 0.15) is 76.0 Å². The van der Waals surface area contributed by atoms with Crippen LogP contribution in [0.2, 0.25) is 0 Å². The normalized spacial score (nSPS) is 24.8. The van der Waals surface area contributed by atoms with Gasteiger partial charge in [-0.1, -0.05) is 64.3 Å². The van der Waals surface area contributed by atoms with Gasteiger partial charge in [-0.25, -0.2) is 0 Å². The average molecular weight is 289 g/mol. The zero-order valence-electron chi connectivity index (χ0n) is 13.9. The molecule has 0 spiro atoms. The van der Waals surface area contributed by atoms with Gasteiger partial charge < -0.3 is 10.1 Å². The number of hydrogen-bond acceptors (Lipinski definition) is 2. The van der Waals surface area contributed by atoms with Crippen molar-refractivity contribution < 1.29 is 4.74 Å². The van der Waals surface area contributed by atoms with Crippen molar-refractivity contribution in [3.8, 4) is 0 Å². The van der Waals surface area contributed by atoms with Gasteiger partial charge in [0.25, 0.3) is 0 Å². The molecular formula is C19H31NO. The summed E-state index contributed by atoms with van der Waals surface area (Å²) in [6.45, 7) is 8.65. The fraction of sp³-hybridized carbons (Fsp3) is 0.684. The molecule has 2 rings (SSSR count). The number of fused-ring (bicyclic) bond motifs is 1. The van der Waals surface area contributed by atoms with Crippen LogP contribution in [0.3, 0.4) is 0 Å². The SMILES string of the molecule is CCCCCCOC1CC(C)c2ccccc2C1NCC. The summed E-state index contributed by atoms with van der Waals surface area (Å²) in [5, 5.41) is 3.64. The number of hydrogen-bond donors (Lipinski definition) is 1. The molecule has 2 nitrogen and oxygen atoms in total. The van der Waals surface area contributed by atoms with Gasteiger partial charge in [-0.05, 0) is 36.4 Å². The van der Waals surface area contributed by atoms with Gasteiger partial charge in [0.1, 0.15) is 0 Å². The molecular weight excluding hydrogens is 258 g/mol.